The second kappa shape index (κ2) is 6.55. The molecule has 2 aromatic carbocycles. The van der Waals surface area contributed by atoms with Crippen molar-refractivity contribution in [3.63, 3.8) is 0 Å². The number of aromatic nitrogens is 1. The molecule has 2 heterocycles. The number of aryl methyl sites for hydroxylation is 1. The Kier molecular flexibility index (Phi) is 4.13. The molecule has 0 spiro atoms. The van der Waals surface area contributed by atoms with Crippen molar-refractivity contribution < 1.29 is 4.39 Å². The summed E-state index contributed by atoms with van der Waals surface area (Å²) in [5, 5.41) is 9.81. The lowest BCUT2D eigenvalue weighted by Gasteiger charge is -2.41. The monoisotopic (exact) mass is 411 g/mol. The minimum Gasteiger partial charge on any atom is -0.365 e. The number of fused-ring (bicyclic) bond motifs is 4. The summed E-state index contributed by atoms with van der Waals surface area (Å²) < 4.78 is 15.9. The van der Waals surface area contributed by atoms with Crippen LogP contribution in [0.4, 0.5) is 10.1 Å². The van der Waals surface area contributed by atoms with Gasteiger partial charge in [0.25, 0.3) is 0 Å². The predicted molar refractivity (Wildman–Crippen MR) is 127 cm³/mol. The van der Waals surface area contributed by atoms with E-state index in [-0.39, 0.29) is 11.4 Å². The summed E-state index contributed by atoms with van der Waals surface area (Å²) in [6, 6.07) is 16.8. The van der Waals surface area contributed by atoms with E-state index in [2.05, 4.69) is 62.5 Å². The molecule has 2 aromatic rings. The van der Waals surface area contributed by atoms with Crippen LogP contribution >= 0.6 is 0 Å². The summed E-state index contributed by atoms with van der Waals surface area (Å²) in [6.45, 7) is 6.62. The van der Waals surface area contributed by atoms with Crippen molar-refractivity contribution in [2.45, 2.75) is 26.3 Å². The van der Waals surface area contributed by atoms with Crippen molar-refractivity contribution in [3.05, 3.63) is 77.4 Å². The quantitative estimate of drug-likeness (QED) is 0.372. The van der Waals surface area contributed by atoms with Crippen LogP contribution in [0.5, 0.6) is 0 Å². The van der Waals surface area contributed by atoms with Crippen molar-refractivity contribution >= 4 is 22.2 Å². The maximum absolute atomic E-state index is 13.7. The van der Waals surface area contributed by atoms with E-state index in [1.165, 1.54) is 29.0 Å². The zero-order valence-corrected chi connectivity index (χ0v) is 18.5. The summed E-state index contributed by atoms with van der Waals surface area (Å²) in [6.07, 6.45) is 2.32. The van der Waals surface area contributed by atoms with Crippen molar-refractivity contribution in [2.24, 2.45) is 7.05 Å². The van der Waals surface area contributed by atoms with Crippen molar-refractivity contribution in [1.29, 1.82) is 5.41 Å². The lowest BCUT2D eigenvalue weighted by atomic mass is 9.85. The van der Waals surface area contributed by atoms with Gasteiger partial charge in [0.1, 0.15) is 5.82 Å². The van der Waals surface area contributed by atoms with E-state index in [1.807, 2.05) is 30.3 Å². The molecule has 0 radical (unpaired) electrons. The molecule has 5 rings (SSSR count). The molecule has 31 heavy (non-hydrogen) atoms. The van der Waals surface area contributed by atoms with Gasteiger partial charge in [-0.3, -0.25) is 0 Å². The van der Waals surface area contributed by atoms with E-state index in [1.54, 1.807) is 0 Å². The Morgan fingerprint density at radius 2 is 1.61 bits per heavy atom. The Hall–Kier alpha value is -3.40. The number of likely N-dealkylation sites (N-methyl/N-ethyl adjacent to an activating group) is 1. The maximum Gasteiger partial charge on any atom is 0.123 e. The van der Waals surface area contributed by atoms with Gasteiger partial charge in [-0.15, -0.1) is 0 Å². The van der Waals surface area contributed by atoms with Crippen LogP contribution in [0.25, 0.3) is 38.9 Å². The van der Waals surface area contributed by atoms with Gasteiger partial charge in [-0.2, -0.15) is 0 Å². The first-order valence-corrected chi connectivity index (χ1v) is 10.5. The second-order valence-corrected chi connectivity index (χ2v) is 9.07. The van der Waals surface area contributed by atoms with Gasteiger partial charge >= 0.3 is 0 Å². The van der Waals surface area contributed by atoms with Gasteiger partial charge in [-0.1, -0.05) is 30.3 Å². The number of allylic oxidation sites excluding steroid dienone is 1. The zero-order valence-electron chi connectivity index (χ0n) is 18.5. The predicted octanol–water partition coefficient (Wildman–Crippen LogP) is 6.20. The molecule has 0 saturated carbocycles. The molecule has 0 fully saturated rings. The molecule has 0 aromatic heterocycles. The topological polar surface area (TPSA) is 32.0 Å². The molecule has 0 saturated heterocycles. The summed E-state index contributed by atoms with van der Waals surface area (Å²) in [7, 11) is 4.21. The number of rotatable bonds is 1. The fourth-order valence-corrected chi connectivity index (χ4v) is 5.02. The summed E-state index contributed by atoms with van der Waals surface area (Å²) in [5.41, 5.74) is 8.80. The fraction of sp³-hybridized carbons (Fsp3) is 0.222. The van der Waals surface area contributed by atoms with Crippen LogP contribution in [-0.4, -0.2) is 17.2 Å². The third kappa shape index (κ3) is 2.82. The van der Waals surface area contributed by atoms with E-state index < -0.39 is 0 Å². The van der Waals surface area contributed by atoms with Gasteiger partial charge in [0.05, 0.1) is 22.1 Å². The molecule has 0 atom stereocenters. The first-order valence-electron chi connectivity index (χ1n) is 10.5. The second-order valence-electron chi connectivity index (χ2n) is 9.07. The van der Waals surface area contributed by atoms with E-state index in [0.29, 0.717) is 5.36 Å². The fourth-order valence-electron chi connectivity index (χ4n) is 5.02. The molecule has 0 unspecified atom stereocenters. The highest BCUT2D eigenvalue weighted by atomic mass is 19.1. The number of benzene rings is 3. The normalized spacial score (nSPS) is 15.3. The Morgan fingerprint density at radius 1 is 0.903 bits per heavy atom. The molecular weight excluding hydrogens is 385 g/mol. The highest BCUT2D eigenvalue weighted by Crippen LogP contribution is 2.46. The molecule has 3 aliphatic rings. The van der Waals surface area contributed by atoms with Crippen LogP contribution in [0.15, 0.2) is 60.7 Å². The number of halogens is 1. The highest BCUT2D eigenvalue weighted by Gasteiger charge is 2.31. The molecule has 2 aliphatic heterocycles. The number of anilines is 1. The van der Waals surface area contributed by atoms with Gasteiger partial charge in [0.2, 0.25) is 0 Å². The lowest BCUT2D eigenvalue weighted by molar-refractivity contribution is 0.598. The van der Waals surface area contributed by atoms with Crippen LogP contribution < -0.4 is 10.3 Å². The molecular formula is C27H26FN3. The van der Waals surface area contributed by atoms with E-state index in [0.717, 1.165) is 33.3 Å². The van der Waals surface area contributed by atoms with Crippen molar-refractivity contribution in [3.8, 4) is 22.4 Å². The Labute approximate surface area is 181 Å². The Morgan fingerprint density at radius 3 is 2.32 bits per heavy atom. The van der Waals surface area contributed by atoms with Gasteiger partial charge in [0.15, 0.2) is 0 Å². The van der Waals surface area contributed by atoms with Crippen LogP contribution in [0.2, 0.25) is 0 Å². The Balaban J connectivity index is 2.01. The largest absolute Gasteiger partial charge is 0.365 e. The lowest BCUT2D eigenvalue weighted by Crippen LogP contribution is -2.42. The number of nitrogens with zero attached hydrogens (tertiary/aromatic N) is 2. The first-order chi connectivity index (χ1) is 14.7. The third-order valence-corrected chi connectivity index (χ3v) is 6.71. The van der Waals surface area contributed by atoms with E-state index in [9.17, 15) is 4.39 Å². The summed E-state index contributed by atoms with van der Waals surface area (Å²) >= 11 is 0. The standard InChI is InChI=1S/C27H26FN3/c1-16-15-27(2,3)31(5)22-13-12-21-25(17-6-8-18(28)9-7-17)20-11-10-19(29)14-23(20)30(4)26(21)24(16)22/h6-15,29H,1-5H3. The number of hydrogen-bond acceptors (Lipinski definition) is 2. The molecule has 0 bridgehead atoms. The van der Waals surface area contributed by atoms with Gasteiger partial charge in [0, 0.05) is 41.9 Å². The molecule has 4 heteroatoms. The van der Waals surface area contributed by atoms with E-state index >= 15 is 0 Å². The first kappa shape index (κ1) is 19.6. The van der Waals surface area contributed by atoms with Crippen LogP contribution in [0.1, 0.15) is 26.3 Å². The average Bonchev–Trinajstić information content (AvgIpc) is 2.73. The summed E-state index contributed by atoms with van der Waals surface area (Å²) in [5.74, 6) is -0.243. The SMILES string of the molecule is CC1=CC(C)(C)N(C)c2ccc3c(-c4ccc(F)cc4)c4ccc(=N)cc-4n(C)c3c21. The molecule has 3 nitrogen and oxygen atoms in total. The maximum atomic E-state index is 13.7. The molecule has 0 amide bonds. The Bertz CT molecular complexity index is 1410. The average molecular weight is 412 g/mol. The van der Waals surface area contributed by atoms with Gasteiger partial charge in [-0.25, -0.2) is 4.39 Å². The third-order valence-electron chi connectivity index (χ3n) is 6.71. The summed E-state index contributed by atoms with van der Waals surface area (Å²) in [4.78, 5) is 2.32. The number of hydrogen-bond donors (Lipinski definition) is 1. The van der Waals surface area contributed by atoms with Gasteiger partial charge in [-0.05, 0) is 62.2 Å². The highest BCUT2D eigenvalue weighted by molar-refractivity contribution is 6.09. The van der Waals surface area contributed by atoms with Crippen LogP contribution in [0.3, 0.4) is 0 Å². The van der Waals surface area contributed by atoms with Crippen molar-refractivity contribution in [2.75, 3.05) is 11.9 Å². The minimum atomic E-state index is -0.243. The smallest absolute Gasteiger partial charge is 0.123 e. The number of nitrogens with one attached hydrogen (secondary N) is 1. The minimum absolute atomic E-state index is 0.0751. The van der Waals surface area contributed by atoms with Gasteiger partial charge < -0.3 is 14.9 Å². The molecule has 1 N–H and O–H groups in total. The van der Waals surface area contributed by atoms with Crippen molar-refractivity contribution in [1.82, 2.24) is 4.57 Å². The van der Waals surface area contributed by atoms with E-state index in [4.69, 9.17) is 5.41 Å². The van der Waals surface area contributed by atoms with Crippen LogP contribution in [0, 0.1) is 11.2 Å². The number of pyridine rings is 1. The molecule has 156 valence electrons. The van der Waals surface area contributed by atoms with Crippen LogP contribution in [-0.2, 0) is 7.05 Å². The zero-order chi connectivity index (χ0) is 22.1. The molecule has 1 aliphatic carbocycles.